The maximum Gasteiger partial charge on any atom is 0.189 e. The molecule has 0 atom stereocenters. The fourth-order valence-electron chi connectivity index (χ4n) is 2.99. The predicted molar refractivity (Wildman–Crippen MR) is 75.2 cm³/mol. The second-order valence-corrected chi connectivity index (χ2v) is 5.30. The van der Waals surface area contributed by atoms with Crippen LogP contribution in [0.3, 0.4) is 0 Å². The van der Waals surface area contributed by atoms with Gasteiger partial charge in [-0.15, -0.1) is 0 Å². The van der Waals surface area contributed by atoms with Crippen molar-refractivity contribution in [1.29, 1.82) is 0 Å². The molecule has 18 heavy (non-hydrogen) atoms. The fraction of sp³-hybridized carbons (Fsp3) is 0.438. The molecule has 0 unspecified atom stereocenters. The zero-order valence-electron chi connectivity index (χ0n) is 10.8. The Morgan fingerprint density at radius 1 is 1.22 bits per heavy atom. The number of benzene rings is 1. The molecular weight excluding hydrogens is 222 g/mol. The van der Waals surface area contributed by atoms with Crippen LogP contribution in [0, 0.1) is 0 Å². The Morgan fingerprint density at radius 3 is 2.72 bits per heavy atom. The molecule has 1 saturated carbocycles. The van der Waals surface area contributed by atoms with Gasteiger partial charge in [0.15, 0.2) is 5.43 Å². The number of pyridine rings is 1. The van der Waals surface area contributed by atoms with Crippen molar-refractivity contribution in [2.24, 2.45) is 0 Å². The maximum atomic E-state index is 12.2. The normalized spacial score (nSPS) is 16.5. The van der Waals surface area contributed by atoms with Gasteiger partial charge in [0.1, 0.15) is 0 Å². The Kier molecular flexibility index (Phi) is 2.94. The number of hydrogen-bond acceptors (Lipinski definition) is 1. The third-order valence-corrected chi connectivity index (χ3v) is 4.12. The van der Waals surface area contributed by atoms with Gasteiger partial charge < -0.3 is 4.98 Å². The largest absolute Gasteiger partial charge is 0.358 e. The van der Waals surface area contributed by atoms with Crippen molar-refractivity contribution < 1.29 is 0 Å². The molecule has 0 amide bonds. The summed E-state index contributed by atoms with van der Waals surface area (Å²) in [7, 11) is 0. The Balaban J connectivity index is 2.12. The van der Waals surface area contributed by atoms with Crippen LogP contribution in [0.5, 0.6) is 0 Å². The summed E-state index contributed by atoms with van der Waals surface area (Å²) < 4.78 is 0. The SMILES string of the molecule is CCc1ccc2[nH]c(C3CCCC3)cc(=O)c2c1. The summed E-state index contributed by atoms with van der Waals surface area (Å²) in [6.45, 7) is 2.11. The molecule has 1 aliphatic rings. The van der Waals surface area contributed by atoms with E-state index in [0.717, 1.165) is 23.0 Å². The van der Waals surface area contributed by atoms with Gasteiger partial charge in [-0.3, -0.25) is 4.79 Å². The van der Waals surface area contributed by atoms with Crippen molar-refractivity contribution in [1.82, 2.24) is 4.98 Å². The number of H-pyrrole nitrogens is 1. The summed E-state index contributed by atoms with van der Waals surface area (Å²) in [4.78, 5) is 15.7. The van der Waals surface area contributed by atoms with Crippen LogP contribution in [0.4, 0.5) is 0 Å². The molecule has 0 bridgehead atoms. The van der Waals surface area contributed by atoms with Crippen LogP contribution >= 0.6 is 0 Å². The molecule has 1 fully saturated rings. The van der Waals surface area contributed by atoms with E-state index in [1.165, 1.54) is 31.2 Å². The predicted octanol–water partition coefficient (Wildman–Crippen LogP) is 3.75. The topological polar surface area (TPSA) is 32.9 Å². The van der Waals surface area contributed by atoms with Crippen molar-refractivity contribution in [3.63, 3.8) is 0 Å². The van der Waals surface area contributed by atoms with E-state index in [0.29, 0.717) is 5.92 Å². The summed E-state index contributed by atoms with van der Waals surface area (Å²) in [5.74, 6) is 0.563. The molecule has 0 spiro atoms. The van der Waals surface area contributed by atoms with Gasteiger partial charge in [-0.2, -0.15) is 0 Å². The van der Waals surface area contributed by atoms with Gasteiger partial charge in [0.05, 0.1) is 0 Å². The highest BCUT2D eigenvalue weighted by atomic mass is 16.1. The molecular formula is C16H19NO. The summed E-state index contributed by atoms with van der Waals surface area (Å²) in [6, 6.07) is 8.00. The average Bonchev–Trinajstić information content (AvgIpc) is 2.92. The summed E-state index contributed by atoms with van der Waals surface area (Å²) in [6.07, 6.45) is 5.99. The van der Waals surface area contributed by atoms with E-state index in [4.69, 9.17) is 0 Å². The number of hydrogen-bond donors (Lipinski definition) is 1. The summed E-state index contributed by atoms with van der Waals surface area (Å²) in [5, 5.41) is 0.830. The second-order valence-electron chi connectivity index (χ2n) is 5.30. The number of aromatic nitrogens is 1. The van der Waals surface area contributed by atoms with Crippen LogP contribution in [0.2, 0.25) is 0 Å². The molecule has 2 nitrogen and oxygen atoms in total. The van der Waals surface area contributed by atoms with E-state index in [-0.39, 0.29) is 5.43 Å². The number of aryl methyl sites for hydroxylation is 1. The highest BCUT2D eigenvalue weighted by Crippen LogP contribution is 2.32. The molecule has 1 aromatic heterocycles. The lowest BCUT2D eigenvalue weighted by Crippen LogP contribution is -2.07. The Bertz CT molecular complexity index is 621. The second kappa shape index (κ2) is 4.60. The minimum Gasteiger partial charge on any atom is -0.358 e. The van der Waals surface area contributed by atoms with E-state index in [2.05, 4.69) is 18.0 Å². The van der Waals surface area contributed by atoms with Gasteiger partial charge in [-0.05, 0) is 42.9 Å². The summed E-state index contributed by atoms with van der Waals surface area (Å²) in [5.41, 5.74) is 3.51. The van der Waals surface area contributed by atoms with Gasteiger partial charge >= 0.3 is 0 Å². The van der Waals surface area contributed by atoms with Crippen LogP contribution in [0.25, 0.3) is 10.9 Å². The lowest BCUT2D eigenvalue weighted by molar-refractivity contribution is 0.700. The molecule has 94 valence electrons. The highest BCUT2D eigenvalue weighted by Gasteiger charge is 2.18. The molecule has 1 heterocycles. The molecule has 1 aliphatic carbocycles. The van der Waals surface area contributed by atoms with Crippen molar-refractivity contribution in [3.05, 3.63) is 45.7 Å². The third kappa shape index (κ3) is 1.96. The summed E-state index contributed by atoms with van der Waals surface area (Å²) >= 11 is 0. The Hall–Kier alpha value is -1.57. The maximum absolute atomic E-state index is 12.2. The van der Waals surface area contributed by atoms with Gasteiger partial charge in [0.2, 0.25) is 0 Å². The van der Waals surface area contributed by atoms with Gasteiger partial charge in [0.25, 0.3) is 0 Å². The highest BCUT2D eigenvalue weighted by molar-refractivity contribution is 5.79. The number of fused-ring (bicyclic) bond motifs is 1. The molecule has 0 radical (unpaired) electrons. The standard InChI is InChI=1S/C16H19NO/c1-2-11-7-8-14-13(9-11)16(18)10-15(17-14)12-5-3-4-6-12/h7-10,12H,2-6H2,1H3,(H,17,18). The molecule has 1 aromatic carbocycles. The fourth-order valence-corrected chi connectivity index (χ4v) is 2.99. The molecule has 2 heteroatoms. The van der Waals surface area contributed by atoms with E-state index in [1.54, 1.807) is 0 Å². The number of rotatable bonds is 2. The van der Waals surface area contributed by atoms with Crippen LogP contribution in [0.1, 0.15) is 49.8 Å². The van der Waals surface area contributed by atoms with Gasteiger partial charge in [0, 0.05) is 22.7 Å². The van der Waals surface area contributed by atoms with E-state index in [1.807, 2.05) is 18.2 Å². The lowest BCUT2D eigenvalue weighted by atomic mass is 10.0. The van der Waals surface area contributed by atoms with Crippen LogP contribution in [-0.2, 0) is 6.42 Å². The molecule has 2 aromatic rings. The zero-order valence-corrected chi connectivity index (χ0v) is 10.8. The van der Waals surface area contributed by atoms with Crippen LogP contribution in [0.15, 0.2) is 29.1 Å². The zero-order chi connectivity index (χ0) is 12.5. The Labute approximate surface area is 107 Å². The molecule has 3 rings (SSSR count). The number of aromatic amines is 1. The first-order valence-electron chi connectivity index (χ1n) is 6.94. The van der Waals surface area contributed by atoms with E-state index < -0.39 is 0 Å². The monoisotopic (exact) mass is 241 g/mol. The van der Waals surface area contributed by atoms with Crippen molar-refractivity contribution in [2.75, 3.05) is 0 Å². The first-order chi connectivity index (χ1) is 8.78. The minimum atomic E-state index is 0.168. The third-order valence-electron chi connectivity index (χ3n) is 4.12. The smallest absolute Gasteiger partial charge is 0.189 e. The minimum absolute atomic E-state index is 0.168. The first kappa shape index (κ1) is 11.5. The lowest BCUT2D eigenvalue weighted by Gasteiger charge is -2.11. The molecule has 0 aliphatic heterocycles. The van der Waals surface area contributed by atoms with Crippen LogP contribution in [-0.4, -0.2) is 4.98 Å². The Morgan fingerprint density at radius 2 is 2.00 bits per heavy atom. The van der Waals surface area contributed by atoms with Crippen molar-refractivity contribution >= 4 is 10.9 Å². The van der Waals surface area contributed by atoms with Gasteiger partial charge in [-0.25, -0.2) is 0 Å². The molecule has 1 N–H and O–H groups in total. The average molecular weight is 241 g/mol. The van der Waals surface area contributed by atoms with E-state index >= 15 is 0 Å². The quantitative estimate of drug-likeness (QED) is 0.853. The van der Waals surface area contributed by atoms with Crippen molar-refractivity contribution in [2.45, 2.75) is 44.9 Å². The van der Waals surface area contributed by atoms with Crippen molar-refractivity contribution in [3.8, 4) is 0 Å². The van der Waals surface area contributed by atoms with E-state index in [9.17, 15) is 4.79 Å². The van der Waals surface area contributed by atoms with Gasteiger partial charge in [-0.1, -0.05) is 25.8 Å². The first-order valence-corrected chi connectivity index (χ1v) is 6.94. The number of nitrogens with one attached hydrogen (secondary N) is 1. The van der Waals surface area contributed by atoms with Crippen LogP contribution < -0.4 is 5.43 Å². The molecule has 0 saturated heterocycles.